The van der Waals surface area contributed by atoms with Gasteiger partial charge in [-0.05, 0) is 25.1 Å². The van der Waals surface area contributed by atoms with Gasteiger partial charge < -0.3 is 9.84 Å². The van der Waals surface area contributed by atoms with E-state index in [0.29, 0.717) is 5.75 Å². The quantitative estimate of drug-likeness (QED) is 0.863. The third kappa shape index (κ3) is 2.95. The molecule has 0 spiro atoms. The number of aromatic carboxylic acids is 1. The molecule has 5 nitrogen and oxygen atoms in total. The SMILES string of the molecule is Cc1ccc(Oc2cc(C(=O)O)cc(Cl)n2)cn1. The molecule has 0 aromatic carbocycles. The number of hydrogen-bond acceptors (Lipinski definition) is 4. The highest BCUT2D eigenvalue weighted by Crippen LogP contribution is 2.22. The van der Waals surface area contributed by atoms with E-state index >= 15 is 0 Å². The van der Waals surface area contributed by atoms with Crippen molar-refractivity contribution < 1.29 is 14.6 Å². The van der Waals surface area contributed by atoms with E-state index in [-0.39, 0.29) is 16.6 Å². The van der Waals surface area contributed by atoms with Crippen molar-refractivity contribution in [2.45, 2.75) is 6.92 Å². The number of pyridine rings is 2. The maximum absolute atomic E-state index is 10.8. The van der Waals surface area contributed by atoms with Crippen LogP contribution in [0.5, 0.6) is 11.6 Å². The fourth-order valence-electron chi connectivity index (χ4n) is 1.28. The summed E-state index contributed by atoms with van der Waals surface area (Å²) in [5.74, 6) is -0.511. The van der Waals surface area contributed by atoms with Gasteiger partial charge in [0, 0.05) is 11.8 Å². The second kappa shape index (κ2) is 5.01. The number of carboxylic acids is 1. The lowest BCUT2D eigenvalue weighted by atomic mass is 10.3. The van der Waals surface area contributed by atoms with E-state index in [1.54, 1.807) is 12.1 Å². The van der Waals surface area contributed by atoms with Crippen LogP contribution in [-0.4, -0.2) is 21.0 Å². The molecule has 0 radical (unpaired) electrons. The molecule has 2 heterocycles. The molecule has 0 bridgehead atoms. The maximum atomic E-state index is 10.8. The van der Waals surface area contributed by atoms with Crippen LogP contribution < -0.4 is 4.74 Å². The van der Waals surface area contributed by atoms with Crippen LogP contribution in [0.15, 0.2) is 30.5 Å². The van der Waals surface area contributed by atoms with Crippen LogP contribution in [-0.2, 0) is 0 Å². The summed E-state index contributed by atoms with van der Waals surface area (Å²) in [7, 11) is 0. The molecule has 0 saturated heterocycles. The van der Waals surface area contributed by atoms with Crippen molar-refractivity contribution >= 4 is 17.6 Å². The Bertz CT molecular complexity index is 584. The zero-order chi connectivity index (χ0) is 13.1. The lowest BCUT2D eigenvalue weighted by molar-refractivity contribution is 0.0696. The topological polar surface area (TPSA) is 72.3 Å². The van der Waals surface area contributed by atoms with Gasteiger partial charge >= 0.3 is 5.97 Å². The molecule has 2 rings (SSSR count). The molecule has 6 heteroatoms. The summed E-state index contributed by atoms with van der Waals surface area (Å²) < 4.78 is 5.38. The zero-order valence-electron chi connectivity index (χ0n) is 9.42. The fraction of sp³-hybridized carbons (Fsp3) is 0.0833. The molecule has 0 aliphatic carbocycles. The van der Waals surface area contributed by atoms with Crippen molar-refractivity contribution in [3.63, 3.8) is 0 Å². The van der Waals surface area contributed by atoms with Gasteiger partial charge in [-0.1, -0.05) is 11.6 Å². The lowest BCUT2D eigenvalue weighted by Crippen LogP contribution is -1.98. The standard InChI is InChI=1S/C12H9ClN2O3/c1-7-2-3-9(6-14-7)18-11-5-8(12(16)17)4-10(13)15-11/h2-6H,1H3,(H,16,17). The van der Waals surface area contributed by atoms with Crippen LogP contribution in [0.1, 0.15) is 16.1 Å². The van der Waals surface area contributed by atoms with Crippen molar-refractivity contribution in [1.29, 1.82) is 0 Å². The number of nitrogens with zero attached hydrogens (tertiary/aromatic N) is 2. The third-order valence-corrected chi connectivity index (χ3v) is 2.32. The Morgan fingerprint density at radius 1 is 1.39 bits per heavy atom. The van der Waals surface area contributed by atoms with Gasteiger partial charge in [0.15, 0.2) is 0 Å². The van der Waals surface area contributed by atoms with E-state index < -0.39 is 5.97 Å². The number of aryl methyl sites for hydroxylation is 1. The van der Waals surface area contributed by atoms with E-state index in [2.05, 4.69) is 9.97 Å². The molecule has 2 aromatic rings. The van der Waals surface area contributed by atoms with Crippen molar-refractivity contribution in [1.82, 2.24) is 9.97 Å². The number of rotatable bonds is 3. The molecule has 2 aromatic heterocycles. The van der Waals surface area contributed by atoms with Gasteiger partial charge in [-0.2, -0.15) is 0 Å². The molecule has 92 valence electrons. The Labute approximate surface area is 108 Å². The van der Waals surface area contributed by atoms with Crippen molar-refractivity contribution in [3.05, 3.63) is 46.9 Å². The van der Waals surface area contributed by atoms with Gasteiger partial charge in [-0.3, -0.25) is 4.98 Å². The Hall–Kier alpha value is -2.14. The summed E-state index contributed by atoms with van der Waals surface area (Å²) in [4.78, 5) is 18.8. The van der Waals surface area contributed by atoms with Gasteiger partial charge in [-0.15, -0.1) is 0 Å². The number of carboxylic acid groups (broad SMARTS) is 1. The molecule has 0 amide bonds. The molecule has 0 unspecified atom stereocenters. The average Bonchev–Trinajstić information content (AvgIpc) is 2.31. The van der Waals surface area contributed by atoms with Crippen LogP contribution in [0.3, 0.4) is 0 Å². The van der Waals surface area contributed by atoms with Gasteiger partial charge in [0.2, 0.25) is 5.88 Å². The predicted octanol–water partition coefficient (Wildman–Crippen LogP) is 2.93. The number of halogens is 1. The summed E-state index contributed by atoms with van der Waals surface area (Å²) >= 11 is 5.72. The molecule has 0 fully saturated rings. The first-order valence-corrected chi connectivity index (χ1v) is 5.44. The average molecular weight is 265 g/mol. The predicted molar refractivity (Wildman–Crippen MR) is 65.3 cm³/mol. The van der Waals surface area contributed by atoms with Crippen LogP contribution in [0.25, 0.3) is 0 Å². The summed E-state index contributed by atoms with van der Waals surface area (Å²) in [5, 5.41) is 8.94. The summed E-state index contributed by atoms with van der Waals surface area (Å²) in [6, 6.07) is 6.04. The summed E-state index contributed by atoms with van der Waals surface area (Å²) in [6.07, 6.45) is 1.53. The first-order valence-electron chi connectivity index (χ1n) is 5.06. The fourth-order valence-corrected chi connectivity index (χ4v) is 1.48. The molecular formula is C12H9ClN2O3. The van der Waals surface area contributed by atoms with Gasteiger partial charge in [-0.25, -0.2) is 9.78 Å². The first kappa shape index (κ1) is 12.3. The third-order valence-electron chi connectivity index (χ3n) is 2.12. The molecule has 0 atom stereocenters. The molecule has 18 heavy (non-hydrogen) atoms. The summed E-state index contributed by atoms with van der Waals surface area (Å²) in [6.45, 7) is 1.85. The van der Waals surface area contributed by atoms with Gasteiger partial charge in [0.1, 0.15) is 10.9 Å². The number of ether oxygens (including phenoxy) is 1. The Morgan fingerprint density at radius 3 is 2.78 bits per heavy atom. The van der Waals surface area contributed by atoms with Crippen molar-refractivity contribution in [3.8, 4) is 11.6 Å². The Balaban J connectivity index is 2.28. The van der Waals surface area contributed by atoms with E-state index in [9.17, 15) is 4.79 Å². The van der Waals surface area contributed by atoms with Gasteiger partial charge in [0.05, 0.1) is 11.8 Å². The Morgan fingerprint density at radius 2 is 2.17 bits per heavy atom. The molecule has 0 saturated carbocycles. The van der Waals surface area contributed by atoms with E-state index in [1.807, 2.05) is 6.92 Å². The maximum Gasteiger partial charge on any atom is 0.335 e. The van der Waals surface area contributed by atoms with Crippen molar-refractivity contribution in [2.24, 2.45) is 0 Å². The van der Waals surface area contributed by atoms with Crippen LogP contribution in [0.4, 0.5) is 0 Å². The molecule has 0 aliphatic rings. The van der Waals surface area contributed by atoms with Crippen LogP contribution >= 0.6 is 11.6 Å². The van der Waals surface area contributed by atoms with Crippen LogP contribution in [0.2, 0.25) is 5.15 Å². The number of carbonyl (C=O) groups is 1. The smallest absolute Gasteiger partial charge is 0.335 e. The number of aromatic nitrogens is 2. The zero-order valence-corrected chi connectivity index (χ0v) is 10.2. The second-order valence-corrected chi connectivity index (χ2v) is 3.95. The van der Waals surface area contributed by atoms with E-state index in [4.69, 9.17) is 21.4 Å². The van der Waals surface area contributed by atoms with Gasteiger partial charge in [0.25, 0.3) is 0 Å². The highest BCUT2D eigenvalue weighted by molar-refractivity contribution is 6.29. The minimum Gasteiger partial charge on any atom is -0.478 e. The summed E-state index contributed by atoms with van der Waals surface area (Å²) in [5.41, 5.74) is 0.873. The first-order chi connectivity index (χ1) is 8.54. The minimum atomic E-state index is -1.09. The van der Waals surface area contributed by atoms with Crippen molar-refractivity contribution in [2.75, 3.05) is 0 Å². The minimum absolute atomic E-state index is 0.0186. The molecule has 0 aliphatic heterocycles. The van der Waals surface area contributed by atoms with E-state index in [0.717, 1.165) is 5.69 Å². The lowest BCUT2D eigenvalue weighted by Gasteiger charge is -2.05. The molecule has 1 N–H and O–H groups in total. The second-order valence-electron chi connectivity index (χ2n) is 3.56. The highest BCUT2D eigenvalue weighted by atomic mass is 35.5. The molecular weight excluding hydrogens is 256 g/mol. The Kier molecular flexibility index (Phi) is 3.43. The van der Waals surface area contributed by atoms with E-state index in [1.165, 1.54) is 18.3 Å². The monoisotopic (exact) mass is 264 g/mol. The normalized spacial score (nSPS) is 10.1. The van der Waals surface area contributed by atoms with Crippen LogP contribution in [0, 0.1) is 6.92 Å². The number of hydrogen-bond donors (Lipinski definition) is 1. The largest absolute Gasteiger partial charge is 0.478 e. The highest BCUT2D eigenvalue weighted by Gasteiger charge is 2.09.